The van der Waals surface area contributed by atoms with E-state index in [9.17, 15) is 0 Å². The molecule has 2 rings (SSSR count). The van der Waals surface area contributed by atoms with Crippen molar-refractivity contribution in [2.75, 3.05) is 12.4 Å². The third-order valence-corrected chi connectivity index (χ3v) is 8.77. The van der Waals surface area contributed by atoms with Gasteiger partial charge in [0.15, 0.2) is 0 Å². The van der Waals surface area contributed by atoms with Crippen molar-refractivity contribution < 1.29 is 23.7 Å². The number of anilines is 1. The quantitative estimate of drug-likeness (QED) is 0.162. The summed E-state index contributed by atoms with van der Waals surface area (Å²) in [6.45, 7) is 16.3. The zero-order valence-electron chi connectivity index (χ0n) is 22.7. The van der Waals surface area contributed by atoms with Crippen molar-refractivity contribution >= 4 is 21.2 Å². The van der Waals surface area contributed by atoms with Gasteiger partial charge < -0.3 is 5.32 Å². The second-order valence-electron chi connectivity index (χ2n) is 10.5. The van der Waals surface area contributed by atoms with Crippen molar-refractivity contribution in [3.63, 3.8) is 0 Å². The molecule has 0 aliphatic carbocycles. The third kappa shape index (κ3) is 5.68. The van der Waals surface area contributed by atoms with Crippen LogP contribution in [-0.2, 0) is 31.2 Å². The van der Waals surface area contributed by atoms with E-state index >= 15 is 0 Å². The molecule has 35 heavy (non-hydrogen) atoms. The molecular formula is C28H40N6Pd. The summed E-state index contributed by atoms with van der Waals surface area (Å²) in [5.74, 6) is 0.837. The van der Waals surface area contributed by atoms with Gasteiger partial charge in [0.05, 0.1) is 0 Å². The number of nitrogens with one attached hydrogen (secondary N) is 4. The first-order chi connectivity index (χ1) is 16.1. The van der Waals surface area contributed by atoms with Crippen LogP contribution in [0.5, 0.6) is 0 Å². The number of allylic oxidation sites excluding steroid dienone is 1. The van der Waals surface area contributed by atoms with Gasteiger partial charge in [-0.1, -0.05) is 6.07 Å². The summed E-state index contributed by atoms with van der Waals surface area (Å²) < 4.78 is 2.97. The number of pyridine rings is 2. The predicted octanol–water partition coefficient (Wildman–Crippen LogP) is 3.31. The summed E-state index contributed by atoms with van der Waals surface area (Å²) in [7, 11) is 3.90. The number of aromatic nitrogens is 2. The Bertz CT molecular complexity index is 1240. The Kier molecular flexibility index (Phi) is 8.74. The Morgan fingerprint density at radius 3 is 2.11 bits per heavy atom. The summed E-state index contributed by atoms with van der Waals surface area (Å²) in [6, 6.07) is 12.2. The summed E-state index contributed by atoms with van der Waals surface area (Å²) in [5.41, 5.74) is 3.43. The van der Waals surface area contributed by atoms with E-state index in [0.29, 0.717) is 11.4 Å². The number of hydrogen-bond acceptors (Lipinski definition) is 4. The van der Waals surface area contributed by atoms with Crippen molar-refractivity contribution in [2.45, 2.75) is 60.8 Å². The van der Waals surface area contributed by atoms with E-state index < -0.39 is 10.8 Å². The van der Waals surface area contributed by atoms with Crippen LogP contribution in [0.2, 0.25) is 0 Å². The molecule has 0 fully saturated rings. The van der Waals surface area contributed by atoms with E-state index in [-0.39, 0.29) is 5.41 Å². The fraction of sp³-hybridized carbons (Fsp3) is 0.464. The van der Waals surface area contributed by atoms with Crippen molar-refractivity contribution in [1.82, 2.24) is 9.55 Å². The van der Waals surface area contributed by atoms with Gasteiger partial charge in [0.2, 0.25) is 0 Å². The van der Waals surface area contributed by atoms with Gasteiger partial charge in [-0.3, -0.25) is 0 Å². The van der Waals surface area contributed by atoms with E-state index in [1.54, 1.807) is 13.8 Å². The molecule has 0 unspecified atom stereocenters. The van der Waals surface area contributed by atoms with Gasteiger partial charge >= 0.3 is 191 Å². The van der Waals surface area contributed by atoms with Crippen LogP contribution in [0.25, 0.3) is 0 Å². The standard InChI is InChI=1S/C28H40N6.Pd/c1-19(29)17-26(3,4)28(7,8)21(20(2)30)18-32-25-16-12-14-23(34(25)10)27(5,6)22-13-11-15-24(31-9)33-22;/h11-16,29-30,32H,1-10H3,(H,31,33);. The molecule has 0 saturated carbocycles. The Balaban J connectivity index is 2.66. The average molecular weight is 567 g/mol. The zero-order valence-corrected chi connectivity index (χ0v) is 24.2. The summed E-state index contributed by atoms with van der Waals surface area (Å²) in [5, 5.41) is 19.8. The molecule has 0 aliphatic rings. The van der Waals surface area contributed by atoms with Crippen LogP contribution in [0, 0.1) is 27.8 Å². The second-order valence-corrected chi connectivity index (χ2v) is 11.3. The Morgan fingerprint density at radius 1 is 0.971 bits per heavy atom. The van der Waals surface area contributed by atoms with E-state index in [2.05, 4.69) is 93.5 Å². The molecule has 2 aromatic heterocycles. The molecule has 0 aliphatic heterocycles. The van der Waals surface area contributed by atoms with Crippen LogP contribution < -0.4 is 15.8 Å². The number of hydrogen-bond donors (Lipinski definition) is 4. The van der Waals surface area contributed by atoms with Crippen molar-refractivity contribution in [2.24, 2.45) is 17.9 Å². The molecule has 7 heteroatoms. The second kappa shape index (κ2) is 10.6. The first-order valence-electron chi connectivity index (χ1n) is 11.7. The Morgan fingerprint density at radius 2 is 1.57 bits per heavy atom. The van der Waals surface area contributed by atoms with Crippen LogP contribution in [0.3, 0.4) is 0 Å². The molecule has 0 atom stereocenters. The normalized spacial score (nSPS) is 13.6. The van der Waals surface area contributed by atoms with Gasteiger partial charge in [-0.15, -0.1) is 0 Å². The van der Waals surface area contributed by atoms with Crippen LogP contribution in [0.1, 0.15) is 66.8 Å². The van der Waals surface area contributed by atoms with Gasteiger partial charge in [-0.25, -0.2) is 0 Å². The van der Waals surface area contributed by atoms with Gasteiger partial charge in [-0.2, -0.15) is 0 Å². The molecule has 0 radical (unpaired) electrons. The monoisotopic (exact) mass is 566 g/mol. The first-order valence-corrected chi connectivity index (χ1v) is 12.5. The van der Waals surface area contributed by atoms with E-state index in [4.69, 9.17) is 15.8 Å². The van der Waals surface area contributed by atoms with Gasteiger partial charge in [0.25, 0.3) is 0 Å². The summed E-state index contributed by atoms with van der Waals surface area (Å²) >= 11 is 3.31. The zero-order chi connectivity index (χ0) is 26.8. The topological polar surface area (TPSA) is 91.5 Å². The molecule has 0 saturated heterocycles. The fourth-order valence-electron chi connectivity index (χ4n) is 4.27. The molecule has 2 aromatic rings. The van der Waals surface area contributed by atoms with Crippen LogP contribution >= 0.6 is 0 Å². The molecule has 2 heterocycles. The molecule has 192 valence electrons. The summed E-state index contributed by atoms with van der Waals surface area (Å²) in [6.07, 6.45) is 3.35. The molecule has 0 amide bonds. The predicted molar refractivity (Wildman–Crippen MR) is 142 cm³/mol. The molecule has 0 spiro atoms. The molecule has 0 aromatic carbocycles. The van der Waals surface area contributed by atoms with Crippen LogP contribution in [0.4, 0.5) is 5.82 Å². The molecule has 6 nitrogen and oxygen atoms in total. The summed E-state index contributed by atoms with van der Waals surface area (Å²) in [4.78, 5) is 8.14. The van der Waals surface area contributed by atoms with E-state index in [1.807, 2.05) is 38.4 Å². The van der Waals surface area contributed by atoms with Crippen LogP contribution in [0.15, 0.2) is 42.0 Å². The van der Waals surface area contributed by atoms with E-state index in [1.165, 1.54) is 0 Å². The number of nitrogens with zero attached hydrogens (tertiary/aromatic N) is 2. The minimum absolute atomic E-state index is 0.340. The third-order valence-electron chi connectivity index (χ3n) is 7.21. The number of rotatable bonds is 9. The van der Waals surface area contributed by atoms with Crippen molar-refractivity contribution in [1.29, 1.82) is 10.8 Å². The molecule has 0 bridgehead atoms. The Hall–Kier alpha value is -2.49. The first kappa shape index (κ1) is 28.7. The fourth-order valence-corrected chi connectivity index (χ4v) is 4.76. The van der Waals surface area contributed by atoms with E-state index in [0.717, 1.165) is 32.2 Å². The SMILES string of the molecule is CNc1cccc(C(C)(C)c2cccc(=[NH+][C-]=C(C(C)=N)C(C)(C)C(C)(C)[C](=[Pd])C(C)=N)n2C)n1. The maximum absolute atomic E-state index is 8.51. The van der Waals surface area contributed by atoms with Gasteiger partial charge in [-0.05, 0) is 6.07 Å². The minimum atomic E-state index is -0.463. The maximum atomic E-state index is 8.51. The van der Waals surface area contributed by atoms with Crippen molar-refractivity contribution in [3.8, 4) is 0 Å². The van der Waals surface area contributed by atoms with Crippen molar-refractivity contribution in [3.05, 3.63) is 65.0 Å². The Labute approximate surface area is 220 Å². The van der Waals surface area contributed by atoms with Gasteiger partial charge in [0, 0.05) is 7.05 Å². The van der Waals surface area contributed by atoms with Gasteiger partial charge in [0.1, 0.15) is 5.82 Å². The van der Waals surface area contributed by atoms with Crippen LogP contribution in [-0.4, -0.2) is 32.0 Å². The molecule has 4 N–H and O–H groups in total. The average Bonchev–Trinajstić information content (AvgIpc) is 2.78. The molecular weight excluding hydrogens is 527 g/mol.